The molecule has 0 aliphatic carbocycles. The molecule has 2 saturated heterocycles. The summed E-state index contributed by atoms with van der Waals surface area (Å²) in [6.45, 7) is 4.56. The van der Waals surface area contributed by atoms with Crippen LogP contribution in [0, 0.1) is 5.92 Å². The third kappa shape index (κ3) is 4.79. The van der Waals surface area contributed by atoms with Gasteiger partial charge in [0.05, 0.1) is 0 Å². The Bertz CT molecular complexity index is 755. The predicted molar refractivity (Wildman–Crippen MR) is 110 cm³/mol. The summed E-state index contributed by atoms with van der Waals surface area (Å²) in [5, 5.41) is 8.64. The highest BCUT2D eigenvalue weighted by Gasteiger charge is 2.44. The molecule has 8 heteroatoms. The Morgan fingerprint density at radius 1 is 1.36 bits per heavy atom. The Labute approximate surface area is 170 Å². The van der Waals surface area contributed by atoms with Gasteiger partial charge in [-0.25, -0.2) is 4.79 Å². The van der Waals surface area contributed by atoms with E-state index in [1.165, 1.54) is 0 Å². The van der Waals surface area contributed by atoms with Crippen LogP contribution in [0.3, 0.4) is 0 Å². The van der Waals surface area contributed by atoms with Crippen molar-refractivity contribution in [2.24, 2.45) is 5.92 Å². The number of thioether (sulfide) groups is 1. The van der Waals surface area contributed by atoms with Crippen LogP contribution in [0.25, 0.3) is 0 Å². The lowest BCUT2D eigenvalue weighted by Gasteiger charge is -2.44. The first kappa shape index (κ1) is 20.5. The second-order valence-corrected chi connectivity index (χ2v) is 8.67. The summed E-state index contributed by atoms with van der Waals surface area (Å²) in [4.78, 5) is 40.3. The maximum absolute atomic E-state index is 12.7. The lowest BCUT2D eigenvalue weighted by molar-refractivity contribution is -0.152. The van der Waals surface area contributed by atoms with Gasteiger partial charge in [0, 0.05) is 23.2 Å². The minimum atomic E-state index is -0.505. The van der Waals surface area contributed by atoms with Crippen molar-refractivity contribution in [1.82, 2.24) is 15.5 Å². The number of benzene rings is 1. The van der Waals surface area contributed by atoms with E-state index in [0.717, 1.165) is 10.6 Å². The van der Waals surface area contributed by atoms with E-state index in [2.05, 4.69) is 16.0 Å². The third-order valence-electron chi connectivity index (χ3n) is 5.17. The highest BCUT2D eigenvalue weighted by molar-refractivity contribution is 7.98. The van der Waals surface area contributed by atoms with Crippen LogP contribution in [0.5, 0.6) is 0 Å². The minimum absolute atomic E-state index is 0.00455. The second kappa shape index (κ2) is 8.86. The molecule has 1 aromatic rings. The molecule has 1 aromatic carbocycles. The molecule has 7 nitrogen and oxygen atoms in total. The standard InChI is InChI=1S/C20H28N4O3S/c1-12(2)9-16-19(26)24-8-7-14(11-17(24)18(25)23-16)22-20(27)21-13-5-4-6-15(10-13)28-3/h4-6,10,12,14,16-17H,7-9,11H2,1-3H3,(H,23,25)(H2,21,22,27)/t14-,16-,17-/m0/s1. The zero-order valence-corrected chi connectivity index (χ0v) is 17.3. The van der Waals surface area contributed by atoms with Crippen LogP contribution in [-0.4, -0.2) is 53.7 Å². The van der Waals surface area contributed by atoms with E-state index in [-0.39, 0.29) is 23.9 Å². The molecule has 152 valence electrons. The van der Waals surface area contributed by atoms with Crippen LogP contribution in [0.4, 0.5) is 10.5 Å². The van der Waals surface area contributed by atoms with Crippen LogP contribution >= 0.6 is 11.8 Å². The van der Waals surface area contributed by atoms with Gasteiger partial charge >= 0.3 is 6.03 Å². The number of amides is 4. The van der Waals surface area contributed by atoms with Crippen molar-refractivity contribution >= 4 is 35.3 Å². The fraction of sp³-hybridized carbons (Fsp3) is 0.550. The van der Waals surface area contributed by atoms with Gasteiger partial charge in [0.2, 0.25) is 11.8 Å². The lowest BCUT2D eigenvalue weighted by atomic mass is 9.91. The van der Waals surface area contributed by atoms with Gasteiger partial charge in [-0.15, -0.1) is 11.8 Å². The number of piperidine rings is 1. The van der Waals surface area contributed by atoms with Crippen LogP contribution in [-0.2, 0) is 9.59 Å². The number of hydrogen-bond donors (Lipinski definition) is 3. The largest absolute Gasteiger partial charge is 0.342 e. The number of carbonyl (C=O) groups excluding carboxylic acids is 3. The average molecular weight is 405 g/mol. The maximum Gasteiger partial charge on any atom is 0.319 e. The number of carbonyl (C=O) groups is 3. The van der Waals surface area contributed by atoms with Crippen molar-refractivity contribution in [3.63, 3.8) is 0 Å². The molecular formula is C20H28N4O3S. The molecule has 0 saturated carbocycles. The van der Waals surface area contributed by atoms with Crippen LogP contribution in [0.15, 0.2) is 29.2 Å². The Morgan fingerprint density at radius 3 is 2.86 bits per heavy atom. The van der Waals surface area contributed by atoms with Crippen molar-refractivity contribution < 1.29 is 14.4 Å². The fourth-order valence-corrected chi connectivity index (χ4v) is 4.28. The van der Waals surface area contributed by atoms with Gasteiger partial charge in [0.1, 0.15) is 12.1 Å². The first-order chi connectivity index (χ1) is 13.4. The van der Waals surface area contributed by atoms with Gasteiger partial charge in [-0.2, -0.15) is 0 Å². The maximum atomic E-state index is 12.7. The molecule has 2 aliphatic rings. The molecule has 0 unspecified atom stereocenters. The number of urea groups is 1. The van der Waals surface area contributed by atoms with Gasteiger partial charge in [-0.05, 0) is 49.6 Å². The van der Waals surface area contributed by atoms with Gasteiger partial charge in [-0.1, -0.05) is 19.9 Å². The van der Waals surface area contributed by atoms with Crippen molar-refractivity contribution in [3.05, 3.63) is 24.3 Å². The first-order valence-electron chi connectivity index (χ1n) is 9.69. The van der Waals surface area contributed by atoms with E-state index in [4.69, 9.17) is 0 Å². The minimum Gasteiger partial charge on any atom is -0.342 e. The molecule has 3 N–H and O–H groups in total. The molecule has 3 rings (SSSR count). The van der Waals surface area contributed by atoms with Crippen molar-refractivity contribution in [2.75, 3.05) is 18.1 Å². The molecule has 4 amide bonds. The number of nitrogens with one attached hydrogen (secondary N) is 3. The summed E-state index contributed by atoms with van der Waals surface area (Å²) in [5.41, 5.74) is 0.726. The Balaban J connectivity index is 1.57. The molecule has 2 aliphatic heterocycles. The van der Waals surface area contributed by atoms with Crippen LogP contribution < -0.4 is 16.0 Å². The number of anilines is 1. The third-order valence-corrected chi connectivity index (χ3v) is 5.90. The number of hydrogen-bond acceptors (Lipinski definition) is 4. The highest BCUT2D eigenvalue weighted by Crippen LogP contribution is 2.24. The summed E-state index contributed by atoms with van der Waals surface area (Å²) < 4.78 is 0. The Hall–Kier alpha value is -2.22. The first-order valence-corrected chi connectivity index (χ1v) is 10.9. The fourth-order valence-electron chi connectivity index (χ4n) is 3.82. The topological polar surface area (TPSA) is 90.5 Å². The normalized spacial score (nSPS) is 24.6. The SMILES string of the molecule is CSc1cccc(NC(=O)N[C@H]2CCN3C(=O)[C@H](CC(C)C)NC(=O)[C@@H]3C2)c1. The molecule has 0 radical (unpaired) electrons. The number of nitrogens with zero attached hydrogens (tertiary/aromatic N) is 1. The Morgan fingerprint density at radius 2 is 2.14 bits per heavy atom. The summed E-state index contributed by atoms with van der Waals surface area (Å²) in [6.07, 6.45) is 3.70. The molecule has 3 atom stereocenters. The average Bonchev–Trinajstić information content (AvgIpc) is 2.65. The molecule has 0 bridgehead atoms. The number of fused-ring (bicyclic) bond motifs is 1. The van der Waals surface area contributed by atoms with Crippen LogP contribution in [0.2, 0.25) is 0 Å². The Kier molecular flexibility index (Phi) is 6.49. The smallest absolute Gasteiger partial charge is 0.319 e. The van der Waals surface area contributed by atoms with Crippen molar-refractivity contribution in [3.8, 4) is 0 Å². The molecule has 0 spiro atoms. The number of rotatable bonds is 5. The van der Waals surface area contributed by atoms with Gasteiger partial charge in [-0.3, -0.25) is 9.59 Å². The second-order valence-electron chi connectivity index (χ2n) is 7.79. The molecule has 2 fully saturated rings. The van der Waals surface area contributed by atoms with E-state index in [9.17, 15) is 14.4 Å². The zero-order valence-electron chi connectivity index (χ0n) is 16.5. The van der Waals surface area contributed by atoms with Crippen molar-refractivity contribution in [1.29, 1.82) is 0 Å². The summed E-state index contributed by atoms with van der Waals surface area (Å²) >= 11 is 1.61. The van der Waals surface area contributed by atoms with E-state index in [1.807, 2.05) is 44.4 Å². The van der Waals surface area contributed by atoms with Crippen LogP contribution in [0.1, 0.15) is 33.1 Å². The summed E-state index contributed by atoms with van der Waals surface area (Å²) in [6, 6.07) is 6.25. The predicted octanol–water partition coefficient (Wildman–Crippen LogP) is 2.43. The van der Waals surface area contributed by atoms with Gasteiger partial charge in [0.15, 0.2) is 0 Å². The lowest BCUT2D eigenvalue weighted by Crippen LogP contribution is -2.67. The molecular weight excluding hydrogens is 376 g/mol. The summed E-state index contributed by atoms with van der Waals surface area (Å²) in [7, 11) is 0. The van der Waals surface area contributed by atoms with Crippen molar-refractivity contribution in [2.45, 2.75) is 56.1 Å². The monoisotopic (exact) mass is 404 g/mol. The molecule has 28 heavy (non-hydrogen) atoms. The molecule has 0 aromatic heterocycles. The van der Waals surface area contributed by atoms with E-state index >= 15 is 0 Å². The van der Waals surface area contributed by atoms with Gasteiger partial charge in [0.25, 0.3) is 0 Å². The van der Waals surface area contributed by atoms with E-state index in [1.54, 1.807) is 16.7 Å². The zero-order chi connectivity index (χ0) is 20.3. The highest BCUT2D eigenvalue weighted by atomic mass is 32.2. The van der Waals surface area contributed by atoms with Gasteiger partial charge < -0.3 is 20.9 Å². The van der Waals surface area contributed by atoms with E-state index in [0.29, 0.717) is 31.7 Å². The molecule has 2 heterocycles. The summed E-state index contributed by atoms with van der Waals surface area (Å²) in [5.74, 6) is 0.207. The van der Waals surface area contributed by atoms with E-state index < -0.39 is 12.1 Å². The quantitative estimate of drug-likeness (QED) is 0.658. The number of piperazine rings is 1.